The summed E-state index contributed by atoms with van der Waals surface area (Å²) in [4.78, 5) is 16.5. The molecule has 1 amide bonds. The number of hydrogen-bond acceptors (Lipinski definition) is 4. The maximum atomic E-state index is 13.4. The third-order valence-electron chi connectivity index (χ3n) is 4.79. The summed E-state index contributed by atoms with van der Waals surface area (Å²) >= 11 is 0. The molecule has 0 bridgehead atoms. The second kappa shape index (κ2) is 8.49. The first-order valence-corrected chi connectivity index (χ1v) is 9.90. The molecule has 7 heteroatoms. The van der Waals surface area contributed by atoms with Crippen molar-refractivity contribution in [2.45, 2.75) is 33.2 Å². The highest BCUT2D eigenvalue weighted by molar-refractivity contribution is 5.92. The summed E-state index contributed by atoms with van der Waals surface area (Å²) in [6.45, 7) is 5.26. The van der Waals surface area contributed by atoms with E-state index in [1.165, 1.54) is 12.1 Å². The molecule has 0 fully saturated rings. The zero-order chi connectivity index (χ0) is 21.1. The molecule has 1 N–H and O–H groups in total. The van der Waals surface area contributed by atoms with Gasteiger partial charge in [-0.2, -0.15) is 5.10 Å². The number of anilines is 1. The summed E-state index contributed by atoms with van der Waals surface area (Å²) in [6, 6.07) is 9.91. The Bertz CT molecular complexity index is 1100. The number of benzene rings is 1. The van der Waals surface area contributed by atoms with Crippen molar-refractivity contribution < 1.29 is 13.9 Å². The molecule has 3 heterocycles. The van der Waals surface area contributed by atoms with Gasteiger partial charge in [0.1, 0.15) is 17.3 Å². The Morgan fingerprint density at radius 1 is 1.23 bits per heavy atom. The van der Waals surface area contributed by atoms with Crippen LogP contribution in [0, 0.1) is 5.82 Å². The molecule has 0 saturated carbocycles. The second-order valence-corrected chi connectivity index (χ2v) is 7.42. The van der Waals surface area contributed by atoms with Crippen LogP contribution >= 0.6 is 0 Å². The van der Waals surface area contributed by atoms with Crippen LogP contribution in [0.15, 0.2) is 54.2 Å². The van der Waals surface area contributed by atoms with Crippen molar-refractivity contribution in [1.82, 2.24) is 14.8 Å². The number of rotatable bonds is 5. The Morgan fingerprint density at radius 2 is 2.03 bits per heavy atom. The Labute approximate surface area is 174 Å². The monoisotopic (exact) mass is 406 g/mol. The van der Waals surface area contributed by atoms with Crippen molar-refractivity contribution in [1.29, 1.82) is 0 Å². The van der Waals surface area contributed by atoms with E-state index in [9.17, 15) is 9.18 Å². The molecule has 0 atom stereocenters. The van der Waals surface area contributed by atoms with Gasteiger partial charge in [-0.25, -0.2) is 14.1 Å². The summed E-state index contributed by atoms with van der Waals surface area (Å²) in [5.74, 6) is 0.702. The molecule has 0 unspecified atom stereocenters. The van der Waals surface area contributed by atoms with E-state index in [0.29, 0.717) is 30.4 Å². The lowest BCUT2D eigenvalue weighted by Gasteiger charge is -2.16. The van der Waals surface area contributed by atoms with Crippen molar-refractivity contribution in [2.75, 3.05) is 11.9 Å². The zero-order valence-electron chi connectivity index (χ0n) is 17.0. The van der Waals surface area contributed by atoms with Gasteiger partial charge in [-0.15, -0.1) is 0 Å². The van der Waals surface area contributed by atoms with Crippen LogP contribution in [0.2, 0.25) is 0 Å². The lowest BCUT2D eigenvalue weighted by atomic mass is 10.0. The van der Waals surface area contributed by atoms with Crippen molar-refractivity contribution in [3.8, 4) is 28.3 Å². The van der Waals surface area contributed by atoms with Gasteiger partial charge in [0.25, 0.3) is 0 Å². The van der Waals surface area contributed by atoms with Gasteiger partial charge >= 0.3 is 0 Å². The van der Waals surface area contributed by atoms with Crippen LogP contribution in [0.5, 0.6) is 5.88 Å². The van der Waals surface area contributed by atoms with E-state index in [2.05, 4.69) is 10.3 Å². The number of hydrogen-bond donors (Lipinski definition) is 1. The second-order valence-electron chi connectivity index (χ2n) is 7.42. The van der Waals surface area contributed by atoms with Gasteiger partial charge in [0, 0.05) is 31.1 Å². The molecule has 6 nitrogen and oxygen atoms in total. The Kier molecular flexibility index (Phi) is 5.61. The van der Waals surface area contributed by atoms with Crippen LogP contribution in [0.3, 0.4) is 0 Å². The quantitative estimate of drug-likeness (QED) is 0.616. The fraction of sp³-hybridized carbons (Fsp3) is 0.261. The van der Waals surface area contributed by atoms with E-state index in [1.54, 1.807) is 18.3 Å². The van der Waals surface area contributed by atoms with Crippen LogP contribution in [0.1, 0.15) is 26.7 Å². The average molecular weight is 406 g/mol. The molecular weight excluding hydrogens is 383 g/mol. The predicted molar refractivity (Wildman–Crippen MR) is 114 cm³/mol. The van der Waals surface area contributed by atoms with Crippen LogP contribution in [0.25, 0.3) is 22.4 Å². The minimum absolute atomic E-state index is 0.132. The summed E-state index contributed by atoms with van der Waals surface area (Å²) < 4.78 is 21.2. The normalized spacial score (nSPS) is 12.6. The first kappa shape index (κ1) is 19.8. The number of carbonyl (C=O) groups excluding carboxylic acids is 1. The third-order valence-corrected chi connectivity index (χ3v) is 4.79. The van der Waals surface area contributed by atoms with E-state index in [1.807, 2.05) is 36.7 Å². The average Bonchev–Trinajstić information content (AvgIpc) is 3.12. The third kappa shape index (κ3) is 4.25. The molecule has 154 valence electrons. The molecule has 0 saturated heterocycles. The number of amides is 1. The molecular formula is C23H23FN4O2. The highest BCUT2D eigenvalue weighted by atomic mass is 19.1. The largest absolute Gasteiger partial charge is 0.477 e. The van der Waals surface area contributed by atoms with Crippen molar-refractivity contribution in [3.63, 3.8) is 0 Å². The topological polar surface area (TPSA) is 69.0 Å². The van der Waals surface area contributed by atoms with E-state index in [0.717, 1.165) is 35.2 Å². The number of aromatic nitrogens is 3. The molecule has 0 spiro atoms. The number of ether oxygens (including phenoxy) is 1. The highest BCUT2D eigenvalue weighted by Gasteiger charge is 2.24. The standard InChI is InChI=1S/C23H23FN4O2/c1-15(2)4-9-20(29)26-19-14-17(10-11-25-19)21-22(16-5-7-18(24)8-6-16)27-28-12-3-13-30-23(21)28/h4-8,10-11,14H,3,9,12-13H2,1-2H3,(H,25,26,29). The van der Waals surface area contributed by atoms with Gasteiger partial charge in [-0.3, -0.25) is 4.79 Å². The van der Waals surface area contributed by atoms with Crippen LogP contribution in [-0.4, -0.2) is 27.3 Å². The lowest BCUT2D eigenvalue weighted by molar-refractivity contribution is -0.115. The molecule has 1 aliphatic heterocycles. The maximum Gasteiger partial charge on any atom is 0.229 e. The first-order valence-electron chi connectivity index (χ1n) is 9.90. The van der Waals surface area contributed by atoms with Gasteiger partial charge in [-0.05, 0) is 55.8 Å². The molecule has 4 rings (SSSR count). The maximum absolute atomic E-state index is 13.4. The van der Waals surface area contributed by atoms with Crippen LogP contribution in [-0.2, 0) is 11.3 Å². The summed E-state index contributed by atoms with van der Waals surface area (Å²) in [6.07, 6.45) is 4.68. The number of halogens is 1. The fourth-order valence-corrected chi connectivity index (χ4v) is 3.34. The van der Waals surface area contributed by atoms with Gasteiger partial charge in [0.05, 0.1) is 12.2 Å². The van der Waals surface area contributed by atoms with E-state index < -0.39 is 0 Å². The Hall–Kier alpha value is -3.48. The van der Waals surface area contributed by atoms with Crippen LogP contribution < -0.4 is 10.1 Å². The highest BCUT2D eigenvalue weighted by Crippen LogP contribution is 2.41. The van der Waals surface area contributed by atoms with Crippen molar-refractivity contribution >= 4 is 11.7 Å². The number of pyridine rings is 1. The summed E-state index contributed by atoms with van der Waals surface area (Å²) in [7, 11) is 0. The summed E-state index contributed by atoms with van der Waals surface area (Å²) in [5, 5.41) is 7.55. The van der Waals surface area contributed by atoms with Gasteiger partial charge < -0.3 is 10.1 Å². The zero-order valence-corrected chi connectivity index (χ0v) is 17.0. The SMILES string of the molecule is CC(C)=CCC(=O)Nc1cc(-c2c(-c3ccc(F)cc3)nn3c2OCCC3)ccn1. The predicted octanol–water partition coefficient (Wildman–Crippen LogP) is 4.83. The van der Waals surface area contributed by atoms with E-state index in [4.69, 9.17) is 9.84 Å². The first-order chi connectivity index (χ1) is 14.5. The smallest absolute Gasteiger partial charge is 0.229 e. The van der Waals surface area contributed by atoms with Gasteiger partial charge in [0.2, 0.25) is 11.8 Å². The molecule has 2 aromatic heterocycles. The fourth-order valence-electron chi connectivity index (χ4n) is 3.34. The Balaban J connectivity index is 1.73. The molecule has 3 aromatic rings. The minimum atomic E-state index is -0.300. The van der Waals surface area contributed by atoms with E-state index in [-0.39, 0.29) is 11.7 Å². The molecule has 30 heavy (non-hydrogen) atoms. The molecule has 1 aliphatic rings. The summed E-state index contributed by atoms with van der Waals surface area (Å²) in [5.41, 5.74) is 4.22. The van der Waals surface area contributed by atoms with E-state index >= 15 is 0 Å². The van der Waals surface area contributed by atoms with Crippen molar-refractivity contribution in [3.05, 3.63) is 60.1 Å². The number of nitrogens with zero attached hydrogens (tertiary/aromatic N) is 3. The van der Waals surface area contributed by atoms with Gasteiger partial charge in [0.15, 0.2) is 0 Å². The lowest BCUT2D eigenvalue weighted by Crippen LogP contribution is -2.15. The number of allylic oxidation sites excluding steroid dienone is 1. The number of fused-ring (bicyclic) bond motifs is 1. The van der Waals surface area contributed by atoms with Gasteiger partial charge in [-0.1, -0.05) is 11.6 Å². The molecule has 0 aliphatic carbocycles. The number of nitrogens with one attached hydrogen (secondary N) is 1. The molecule has 0 radical (unpaired) electrons. The van der Waals surface area contributed by atoms with Crippen LogP contribution in [0.4, 0.5) is 10.2 Å². The minimum Gasteiger partial charge on any atom is -0.477 e. The Morgan fingerprint density at radius 3 is 2.80 bits per heavy atom. The number of aryl methyl sites for hydroxylation is 1. The van der Waals surface area contributed by atoms with Crippen molar-refractivity contribution in [2.24, 2.45) is 0 Å². The molecule has 1 aromatic carbocycles. The number of carbonyl (C=O) groups is 1.